The zero-order valence-corrected chi connectivity index (χ0v) is 18.2. The largest absolute Gasteiger partial charge is 0.462 e. The van der Waals surface area contributed by atoms with Crippen molar-refractivity contribution < 1.29 is 33.7 Å². The lowest BCUT2D eigenvalue weighted by molar-refractivity contribution is -0.170. The van der Waals surface area contributed by atoms with Gasteiger partial charge in [0, 0.05) is 24.8 Å². The molecule has 2 rings (SSSR count). The zero-order chi connectivity index (χ0) is 21.9. The minimum atomic E-state index is -0.640. The molecule has 0 aromatic rings. The Balaban J connectivity index is 2.27. The van der Waals surface area contributed by atoms with Gasteiger partial charge in [0.05, 0.1) is 12.0 Å². The summed E-state index contributed by atoms with van der Waals surface area (Å²) < 4.78 is 16.7. The maximum atomic E-state index is 12.8. The minimum Gasteiger partial charge on any atom is -0.462 e. The molecule has 0 saturated carbocycles. The quantitative estimate of drug-likeness (QED) is 0.549. The predicted molar refractivity (Wildman–Crippen MR) is 106 cm³/mol. The summed E-state index contributed by atoms with van der Waals surface area (Å²) >= 11 is 0. The van der Waals surface area contributed by atoms with Gasteiger partial charge in [0.1, 0.15) is 18.3 Å². The number of carbonyl (C=O) groups excluding carboxylic acids is 3. The fourth-order valence-electron chi connectivity index (χ4n) is 4.15. The molecule has 1 heterocycles. The van der Waals surface area contributed by atoms with E-state index in [2.05, 4.69) is 0 Å². The first-order chi connectivity index (χ1) is 13.5. The Morgan fingerprint density at radius 3 is 2.48 bits per heavy atom. The summed E-state index contributed by atoms with van der Waals surface area (Å²) in [6.45, 7) is 10.6. The smallest absolute Gasteiger partial charge is 0.334 e. The standard InChI is InChI=1S/C22H34O7/c1-11(2)20-18(28-21(25)13(4)14(5)27-15(6)23)9-12(3)17(24)8-7-16-10-19(20)29-22(16)26/h7,11-14,17-20,24H,8-10H2,1-6H3/t12-,13-,14-,17+,18+,19+,20+/m1/s1. The van der Waals surface area contributed by atoms with E-state index in [1.54, 1.807) is 19.9 Å². The van der Waals surface area contributed by atoms with Crippen molar-refractivity contribution in [3.8, 4) is 0 Å². The van der Waals surface area contributed by atoms with Gasteiger partial charge in [-0.25, -0.2) is 4.79 Å². The highest BCUT2D eigenvalue weighted by atomic mass is 16.6. The van der Waals surface area contributed by atoms with E-state index in [4.69, 9.17) is 14.2 Å². The number of hydrogen-bond donors (Lipinski definition) is 1. The van der Waals surface area contributed by atoms with Gasteiger partial charge in [0.25, 0.3) is 0 Å². The van der Waals surface area contributed by atoms with Crippen molar-refractivity contribution in [2.75, 3.05) is 0 Å². The molecule has 1 saturated heterocycles. The third-order valence-electron chi connectivity index (χ3n) is 6.13. The van der Waals surface area contributed by atoms with Crippen LogP contribution >= 0.6 is 0 Å². The van der Waals surface area contributed by atoms with E-state index < -0.39 is 36.2 Å². The highest BCUT2D eigenvalue weighted by Crippen LogP contribution is 2.38. The average molecular weight is 411 g/mol. The lowest BCUT2D eigenvalue weighted by Gasteiger charge is -2.36. The number of rotatable bonds is 5. The first-order valence-corrected chi connectivity index (χ1v) is 10.5. The lowest BCUT2D eigenvalue weighted by atomic mass is 9.78. The number of fused-ring (bicyclic) bond motifs is 2. The van der Waals surface area contributed by atoms with Crippen molar-refractivity contribution in [3.63, 3.8) is 0 Å². The molecule has 0 spiro atoms. The maximum absolute atomic E-state index is 12.8. The van der Waals surface area contributed by atoms with Gasteiger partial charge in [-0.1, -0.05) is 26.8 Å². The van der Waals surface area contributed by atoms with Gasteiger partial charge < -0.3 is 19.3 Å². The molecule has 0 amide bonds. The molecular weight excluding hydrogens is 376 g/mol. The van der Waals surface area contributed by atoms with Crippen LogP contribution in [0.5, 0.6) is 0 Å². The second kappa shape index (κ2) is 9.74. The third kappa shape index (κ3) is 5.81. The molecule has 29 heavy (non-hydrogen) atoms. The van der Waals surface area contributed by atoms with Crippen molar-refractivity contribution in [2.24, 2.45) is 23.7 Å². The van der Waals surface area contributed by atoms with E-state index in [1.807, 2.05) is 20.8 Å². The van der Waals surface area contributed by atoms with Crippen LogP contribution in [-0.2, 0) is 28.6 Å². The summed E-state index contributed by atoms with van der Waals surface area (Å²) in [6, 6.07) is 0. The highest BCUT2D eigenvalue weighted by Gasteiger charge is 2.44. The van der Waals surface area contributed by atoms with Crippen LogP contribution in [-0.4, -0.2) is 47.4 Å². The first-order valence-electron chi connectivity index (χ1n) is 10.5. The summed E-state index contributed by atoms with van der Waals surface area (Å²) in [5, 5.41) is 10.5. The third-order valence-corrected chi connectivity index (χ3v) is 6.13. The molecule has 7 nitrogen and oxygen atoms in total. The molecule has 0 unspecified atom stereocenters. The normalized spacial score (nSPS) is 32.1. The highest BCUT2D eigenvalue weighted by molar-refractivity contribution is 5.90. The van der Waals surface area contributed by atoms with Gasteiger partial charge in [0.15, 0.2) is 0 Å². The molecular formula is C22H34O7. The van der Waals surface area contributed by atoms with Crippen molar-refractivity contribution >= 4 is 17.9 Å². The molecule has 1 fully saturated rings. The minimum absolute atomic E-state index is 0.0925. The monoisotopic (exact) mass is 410 g/mol. The van der Waals surface area contributed by atoms with Crippen LogP contribution in [0.15, 0.2) is 11.6 Å². The Bertz CT molecular complexity index is 654. The van der Waals surface area contributed by atoms with E-state index in [9.17, 15) is 19.5 Å². The van der Waals surface area contributed by atoms with Crippen LogP contribution in [0.1, 0.15) is 60.8 Å². The second-order valence-electron chi connectivity index (χ2n) is 8.79. The second-order valence-corrected chi connectivity index (χ2v) is 8.79. The van der Waals surface area contributed by atoms with E-state index >= 15 is 0 Å². The molecule has 1 N–H and O–H groups in total. The Morgan fingerprint density at radius 2 is 1.90 bits per heavy atom. The Morgan fingerprint density at radius 1 is 1.24 bits per heavy atom. The topological polar surface area (TPSA) is 99.1 Å². The summed E-state index contributed by atoms with van der Waals surface area (Å²) in [5.74, 6) is -2.14. The lowest BCUT2D eigenvalue weighted by Crippen LogP contribution is -2.42. The summed E-state index contributed by atoms with van der Waals surface area (Å²) in [6.07, 6.45) is 0.918. The Labute approximate surface area is 172 Å². The number of ether oxygens (including phenoxy) is 3. The van der Waals surface area contributed by atoms with Crippen LogP contribution in [0.2, 0.25) is 0 Å². The summed E-state index contributed by atoms with van der Waals surface area (Å²) in [4.78, 5) is 36.3. The van der Waals surface area contributed by atoms with Crippen molar-refractivity contribution in [3.05, 3.63) is 11.6 Å². The van der Waals surface area contributed by atoms with Gasteiger partial charge in [-0.2, -0.15) is 0 Å². The van der Waals surface area contributed by atoms with Crippen LogP contribution < -0.4 is 0 Å². The Kier molecular flexibility index (Phi) is 7.86. The molecule has 0 radical (unpaired) electrons. The number of aliphatic hydroxyl groups excluding tert-OH is 1. The molecule has 1 aliphatic heterocycles. The van der Waals surface area contributed by atoms with Crippen molar-refractivity contribution in [2.45, 2.75) is 85.2 Å². The van der Waals surface area contributed by atoms with E-state index in [1.165, 1.54) is 6.92 Å². The molecule has 164 valence electrons. The first kappa shape index (κ1) is 23.4. The molecule has 2 aliphatic rings. The molecule has 0 aromatic heterocycles. The molecule has 0 aromatic carbocycles. The van der Waals surface area contributed by atoms with Gasteiger partial charge in [0.2, 0.25) is 0 Å². The predicted octanol–water partition coefficient (Wildman–Crippen LogP) is 2.79. The van der Waals surface area contributed by atoms with Gasteiger partial charge in [-0.05, 0) is 38.5 Å². The molecule has 7 atom stereocenters. The molecule has 7 heteroatoms. The number of hydrogen-bond acceptors (Lipinski definition) is 7. The zero-order valence-electron chi connectivity index (χ0n) is 18.2. The van der Waals surface area contributed by atoms with Crippen LogP contribution in [0.3, 0.4) is 0 Å². The van der Waals surface area contributed by atoms with Crippen molar-refractivity contribution in [1.82, 2.24) is 0 Å². The summed E-state index contributed by atoms with van der Waals surface area (Å²) in [7, 11) is 0. The van der Waals surface area contributed by atoms with E-state index in [-0.39, 0.29) is 29.8 Å². The molecule has 1 aliphatic carbocycles. The number of esters is 3. The van der Waals surface area contributed by atoms with Gasteiger partial charge in [-0.3, -0.25) is 9.59 Å². The SMILES string of the molecule is CC(=O)O[C@H](C)[C@@H](C)C(=O)O[C@H]1C[C@@H](C)[C@@H](O)CC=C2C[C@H](OC2=O)[C@H]1C(C)C. The van der Waals surface area contributed by atoms with E-state index in [0.717, 1.165) is 0 Å². The van der Waals surface area contributed by atoms with Crippen LogP contribution in [0.4, 0.5) is 0 Å². The van der Waals surface area contributed by atoms with Crippen molar-refractivity contribution in [1.29, 1.82) is 0 Å². The van der Waals surface area contributed by atoms with E-state index in [0.29, 0.717) is 24.8 Å². The summed E-state index contributed by atoms with van der Waals surface area (Å²) in [5.41, 5.74) is 0.579. The van der Waals surface area contributed by atoms with Crippen LogP contribution in [0.25, 0.3) is 0 Å². The number of aliphatic hydroxyl groups is 1. The fraction of sp³-hybridized carbons (Fsp3) is 0.773. The average Bonchev–Trinajstić information content (AvgIpc) is 2.96. The van der Waals surface area contributed by atoms with Gasteiger partial charge in [-0.15, -0.1) is 0 Å². The maximum Gasteiger partial charge on any atom is 0.334 e. The number of carbonyl (C=O) groups is 3. The Hall–Kier alpha value is -1.89. The van der Waals surface area contributed by atoms with Gasteiger partial charge >= 0.3 is 17.9 Å². The fourth-order valence-corrected chi connectivity index (χ4v) is 4.15. The molecule has 2 bridgehead atoms. The van der Waals surface area contributed by atoms with Crippen LogP contribution in [0, 0.1) is 23.7 Å².